The topological polar surface area (TPSA) is 49.6 Å². The van der Waals surface area contributed by atoms with Gasteiger partial charge in [0.05, 0.1) is 6.54 Å². The Morgan fingerprint density at radius 2 is 1.65 bits per heavy atom. The molecule has 0 amide bonds. The summed E-state index contributed by atoms with van der Waals surface area (Å²) < 4.78 is 1.70. The Kier molecular flexibility index (Phi) is 10.1. The van der Waals surface area contributed by atoms with Crippen LogP contribution in [0.5, 0.6) is 0 Å². The van der Waals surface area contributed by atoms with Crippen LogP contribution >= 0.6 is 35.7 Å². The van der Waals surface area contributed by atoms with Crippen LogP contribution in [0.15, 0.2) is 87.6 Å². The number of halogens is 1. The van der Waals surface area contributed by atoms with Gasteiger partial charge in [-0.25, -0.2) is 0 Å². The Labute approximate surface area is 205 Å². The molecule has 0 aliphatic rings. The lowest BCUT2D eigenvalue weighted by atomic mass is 10.1. The Bertz CT molecular complexity index is 1030. The van der Waals surface area contributed by atoms with Crippen LogP contribution in [0.3, 0.4) is 0 Å². The van der Waals surface area contributed by atoms with Gasteiger partial charge >= 0.3 is 0 Å². The molecule has 1 heterocycles. The highest BCUT2D eigenvalue weighted by Crippen LogP contribution is 2.15. The summed E-state index contributed by atoms with van der Waals surface area (Å²) in [6.07, 6.45) is 3.90. The highest BCUT2D eigenvalue weighted by Gasteiger charge is 2.07. The summed E-state index contributed by atoms with van der Waals surface area (Å²) >= 11 is 1.75. The average molecular weight is 548 g/mol. The summed E-state index contributed by atoms with van der Waals surface area (Å²) in [5, 5.41) is 3.42. The molecule has 0 atom stereocenters. The van der Waals surface area contributed by atoms with E-state index in [1.807, 2.05) is 19.3 Å². The van der Waals surface area contributed by atoms with E-state index in [0.717, 1.165) is 23.6 Å². The first-order valence-electron chi connectivity index (χ1n) is 9.87. The summed E-state index contributed by atoms with van der Waals surface area (Å²) in [4.78, 5) is 19.7. The van der Waals surface area contributed by atoms with Crippen LogP contribution < -0.4 is 10.9 Å². The molecule has 2 aromatic carbocycles. The molecule has 0 fully saturated rings. The molecule has 164 valence electrons. The van der Waals surface area contributed by atoms with Gasteiger partial charge in [0.15, 0.2) is 5.96 Å². The van der Waals surface area contributed by atoms with Crippen molar-refractivity contribution in [2.45, 2.75) is 24.5 Å². The van der Waals surface area contributed by atoms with Crippen molar-refractivity contribution in [2.75, 3.05) is 20.4 Å². The maximum Gasteiger partial charge on any atom is 0.250 e. The van der Waals surface area contributed by atoms with E-state index in [4.69, 9.17) is 0 Å². The smallest absolute Gasteiger partial charge is 0.250 e. The van der Waals surface area contributed by atoms with Crippen LogP contribution in [0.25, 0.3) is 0 Å². The third kappa shape index (κ3) is 7.43. The van der Waals surface area contributed by atoms with Gasteiger partial charge in [-0.2, -0.15) is 0 Å². The Hall–Kier alpha value is -2.26. The molecule has 1 N–H and O–H groups in total. The third-order valence-corrected chi connectivity index (χ3v) is 5.62. The van der Waals surface area contributed by atoms with E-state index < -0.39 is 0 Å². The van der Waals surface area contributed by atoms with Crippen molar-refractivity contribution in [3.63, 3.8) is 0 Å². The van der Waals surface area contributed by atoms with Crippen LogP contribution in [0, 0.1) is 0 Å². The van der Waals surface area contributed by atoms with E-state index in [0.29, 0.717) is 13.1 Å². The summed E-state index contributed by atoms with van der Waals surface area (Å²) in [7, 11) is 3.84. The first kappa shape index (κ1) is 25.0. The number of hydrogen-bond donors (Lipinski definition) is 1. The van der Waals surface area contributed by atoms with Gasteiger partial charge < -0.3 is 14.8 Å². The van der Waals surface area contributed by atoms with Crippen molar-refractivity contribution in [1.29, 1.82) is 0 Å². The molecule has 0 aliphatic carbocycles. The molecule has 0 radical (unpaired) electrons. The van der Waals surface area contributed by atoms with Gasteiger partial charge in [0.25, 0.3) is 5.56 Å². The number of nitrogens with zero attached hydrogens (tertiary/aromatic N) is 3. The first-order valence-corrected chi connectivity index (χ1v) is 11.1. The predicted molar refractivity (Wildman–Crippen MR) is 142 cm³/mol. The first-order chi connectivity index (χ1) is 14.6. The van der Waals surface area contributed by atoms with E-state index >= 15 is 0 Å². The molecule has 0 saturated heterocycles. The fraction of sp³-hybridized carbons (Fsp3) is 0.250. The van der Waals surface area contributed by atoms with Crippen molar-refractivity contribution >= 4 is 41.7 Å². The molecule has 7 heteroatoms. The number of thioether (sulfide) groups is 1. The van der Waals surface area contributed by atoms with Gasteiger partial charge in [-0.05, 0) is 41.1 Å². The molecule has 0 aliphatic heterocycles. The molecule has 0 unspecified atom stereocenters. The highest BCUT2D eigenvalue weighted by atomic mass is 127. The van der Waals surface area contributed by atoms with Crippen molar-refractivity contribution in [2.24, 2.45) is 4.99 Å². The predicted octanol–water partition coefficient (Wildman–Crippen LogP) is 4.44. The van der Waals surface area contributed by atoms with Crippen LogP contribution in [-0.4, -0.2) is 35.8 Å². The van der Waals surface area contributed by atoms with E-state index in [9.17, 15) is 4.79 Å². The van der Waals surface area contributed by atoms with Crippen molar-refractivity contribution in [3.8, 4) is 0 Å². The SMILES string of the molecule is CN=C(NCc1ccc(Cn2ccccc2=O)cc1)N(C)Cc1ccc(SC)cc1.I. The zero-order valence-corrected chi connectivity index (χ0v) is 21.3. The molecule has 0 saturated carbocycles. The Morgan fingerprint density at radius 3 is 2.26 bits per heavy atom. The van der Waals surface area contributed by atoms with Gasteiger partial charge in [-0.3, -0.25) is 9.79 Å². The molecular weight excluding hydrogens is 519 g/mol. The maximum absolute atomic E-state index is 11.9. The lowest BCUT2D eigenvalue weighted by Gasteiger charge is -2.22. The minimum atomic E-state index is 0. The quantitative estimate of drug-likeness (QED) is 0.205. The van der Waals surface area contributed by atoms with Crippen molar-refractivity contribution in [1.82, 2.24) is 14.8 Å². The van der Waals surface area contributed by atoms with Gasteiger partial charge in [-0.15, -0.1) is 35.7 Å². The van der Waals surface area contributed by atoms with Crippen molar-refractivity contribution < 1.29 is 0 Å². The largest absolute Gasteiger partial charge is 0.352 e. The lowest BCUT2D eigenvalue weighted by molar-refractivity contribution is 0.476. The van der Waals surface area contributed by atoms with E-state index in [1.54, 1.807) is 35.5 Å². The summed E-state index contributed by atoms with van der Waals surface area (Å²) in [6, 6.07) is 22.1. The number of hydrogen-bond acceptors (Lipinski definition) is 3. The zero-order valence-electron chi connectivity index (χ0n) is 18.1. The second-order valence-electron chi connectivity index (χ2n) is 7.09. The summed E-state index contributed by atoms with van der Waals surface area (Å²) in [5.74, 6) is 0.851. The van der Waals surface area contributed by atoms with Gasteiger partial charge in [0.1, 0.15) is 0 Å². The molecule has 1 aromatic heterocycles. The fourth-order valence-electron chi connectivity index (χ4n) is 3.20. The third-order valence-electron chi connectivity index (χ3n) is 4.88. The molecule has 5 nitrogen and oxygen atoms in total. The zero-order chi connectivity index (χ0) is 21.3. The molecule has 3 aromatic rings. The summed E-state index contributed by atoms with van der Waals surface area (Å²) in [6.45, 7) is 2.06. The number of guanidine groups is 1. The van der Waals surface area contributed by atoms with Gasteiger partial charge in [0, 0.05) is 44.3 Å². The van der Waals surface area contributed by atoms with Crippen LogP contribution in [-0.2, 0) is 19.6 Å². The molecule has 3 rings (SSSR count). The number of nitrogens with one attached hydrogen (secondary N) is 1. The van der Waals surface area contributed by atoms with Crippen LogP contribution in [0.4, 0.5) is 0 Å². The number of pyridine rings is 1. The Morgan fingerprint density at radius 1 is 1.00 bits per heavy atom. The van der Waals surface area contributed by atoms with Crippen molar-refractivity contribution in [3.05, 3.63) is 100.0 Å². The number of benzene rings is 2. The number of aromatic nitrogens is 1. The fourth-order valence-corrected chi connectivity index (χ4v) is 3.60. The average Bonchev–Trinajstić information content (AvgIpc) is 2.77. The van der Waals surface area contributed by atoms with Crippen LogP contribution in [0.1, 0.15) is 16.7 Å². The van der Waals surface area contributed by atoms with Crippen LogP contribution in [0.2, 0.25) is 0 Å². The standard InChI is InChI=1S/C24H28N4OS.HI/c1-25-24(27(2)17-20-11-13-22(30-3)14-12-20)26-16-19-7-9-21(10-8-19)18-28-15-5-4-6-23(28)29;/h4-15H,16-18H2,1-3H3,(H,25,26);1H. The second-order valence-corrected chi connectivity index (χ2v) is 7.97. The second kappa shape index (κ2) is 12.6. The molecular formula is C24H29IN4OS. The minimum absolute atomic E-state index is 0. The molecule has 31 heavy (non-hydrogen) atoms. The molecule has 0 spiro atoms. The summed E-state index contributed by atoms with van der Waals surface area (Å²) in [5.41, 5.74) is 3.53. The van der Waals surface area contributed by atoms with Gasteiger partial charge in [0.2, 0.25) is 0 Å². The molecule has 0 bridgehead atoms. The maximum atomic E-state index is 11.9. The van der Waals surface area contributed by atoms with Gasteiger partial charge in [-0.1, -0.05) is 42.5 Å². The van der Waals surface area contributed by atoms with E-state index in [2.05, 4.69) is 70.0 Å². The van der Waals surface area contributed by atoms with E-state index in [1.165, 1.54) is 10.5 Å². The lowest BCUT2D eigenvalue weighted by Crippen LogP contribution is -2.38. The highest BCUT2D eigenvalue weighted by molar-refractivity contribution is 14.0. The van der Waals surface area contributed by atoms with E-state index in [-0.39, 0.29) is 29.5 Å². The number of aliphatic imine (C=N–C) groups is 1. The monoisotopic (exact) mass is 548 g/mol. The normalized spacial score (nSPS) is 11.0. The minimum Gasteiger partial charge on any atom is -0.352 e. The Balaban J connectivity index is 0.00000341. The number of rotatable bonds is 7.